The van der Waals surface area contributed by atoms with Gasteiger partial charge >= 0.3 is 0 Å². The lowest BCUT2D eigenvalue weighted by molar-refractivity contribution is -0.0691. The van der Waals surface area contributed by atoms with E-state index >= 15 is 0 Å². The van der Waals surface area contributed by atoms with E-state index in [-0.39, 0.29) is 0 Å². The second-order valence-electron chi connectivity index (χ2n) is 9.41. The summed E-state index contributed by atoms with van der Waals surface area (Å²) in [6.45, 7) is 13.8. The second-order valence-corrected chi connectivity index (χ2v) is 10.4. The Labute approximate surface area is 191 Å². The molecule has 0 aliphatic carbocycles. The quantitative estimate of drug-likeness (QED) is 0.510. The first-order valence-corrected chi connectivity index (χ1v) is 12.2. The molecule has 0 amide bonds. The lowest BCUT2D eigenvalue weighted by Crippen LogP contribution is -2.59. The normalized spacial score (nSPS) is 20.7. The molecule has 8 nitrogen and oxygen atoms in total. The van der Waals surface area contributed by atoms with Crippen LogP contribution in [-0.2, 0) is 4.74 Å². The summed E-state index contributed by atoms with van der Waals surface area (Å²) in [6.07, 6.45) is 3.67. The molecule has 1 N–H and O–H groups in total. The van der Waals surface area contributed by atoms with Gasteiger partial charge in [0.05, 0.1) is 24.9 Å². The molecule has 2 aliphatic heterocycles. The number of hydrogen-bond donors (Lipinski definition) is 1. The minimum atomic E-state index is 0.355. The number of fused-ring (bicyclic) bond motifs is 2. The summed E-state index contributed by atoms with van der Waals surface area (Å²) >= 11 is 1.77. The van der Waals surface area contributed by atoms with Crippen LogP contribution in [-0.4, -0.2) is 74.4 Å². The van der Waals surface area contributed by atoms with E-state index in [2.05, 4.69) is 64.8 Å². The number of aromatic nitrogens is 5. The van der Waals surface area contributed by atoms with E-state index in [0.29, 0.717) is 18.0 Å². The maximum atomic E-state index is 5.40. The number of anilines is 1. The van der Waals surface area contributed by atoms with E-state index < -0.39 is 0 Å². The van der Waals surface area contributed by atoms with Crippen molar-refractivity contribution in [2.45, 2.75) is 45.7 Å². The van der Waals surface area contributed by atoms with Crippen LogP contribution in [0, 0.1) is 6.92 Å². The van der Waals surface area contributed by atoms with Gasteiger partial charge in [-0.15, -0.1) is 0 Å². The molecule has 1 atom stereocenters. The fourth-order valence-corrected chi connectivity index (χ4v) is 6.17. The highest BCUT2D eigenvalue weighted by Crippen LogP contribution is 2.40. The van der Waals surface area contributed by atoms with Crippen LogP contribution in [0.5, 0.6) is 0 Å². The van der Waals surface area contributed by atoms with Gasteiger partial charge in [-0.1, -0.05) is 25.2 Å². The highest BCUT2D eigenvalue weighted by atomic mass is 32.1. The first-order valence-electron chi connectivity index (χ1n) is 11.4. The molecular formula is C23H29N7OS. The number of H-pyrrole nitrogens is 1. The van der Waals surface area contributed by atoms with E-state index in [1.807, 2.05) is 4.52 Å². The number of thiazole rings is 1. The topological polar surface area (TPSA) is 74.6 Å². The molecule has 0 unspecified atom stereocenters. The highest BCUT2D eigenvalue weighted by molar-refractivity contribution is 7.21. The third kappa shape index (κ3) is 3.14. The van der Waals surface area contributed by atoms with Crippen molar-refractivity contribution in [2.75, 3.05) is 37.7 Å². The fraction of sp³-hybridized carbons (Fsp3) is 0.522. The van der Waals surface area contributed by atoms with Gasteiger partial charge in [0.1, 0.15) is 16.7 Å². The molecule has 0 radical (unpaired) electrons. The van der Waals surface area contributed by atoms with E-state index in [1.165, 1.54) is 5.56 Å². The maximum Gasteiger partial charge on any atom is 0.188 e. The number of pyridine rings is 1. The first-order chi connectivity index (χ1) is 15.5. The monoisotopic (exact) mass is 451 g/mol. The molecule has 0 spiro atoms. The molecular weight excluding hydrogens is 422 g/mol. The van der Waals surface area contributed by atoms with Gasteiger partial charge in [0, 0.05) is 43.0 Å². The zero-order valence-electron chi connectivity index (χ0n) is 19.0. The Balaban J connectivity index is 1.36. The van der Waals surface area contributed by atoms with Crippen LogP contribution in [0.1, 0.15) is 37.8 Å². The summed E-state index contributed by atoms with van der Waals surface area (Å²) in [4.78, 5) is 19.4. The van der Waals surface area contributed by atoms with Crippen LogP contribution >= 0.6 is 11.3 Å². The van der Waals surface area contributed by atoms with Crippen molar-refractivity contribution in [2.24, 2.45) is 0 Å². The largest absolute Gasteiger partial charge is 0.378 e. The smallest absolute Gasteiger partial charge is 0.188 e. The zero-order valence-corrected chi connectivity index (χ0v) is 19.8. The summed E-state index contributed by atoms with van der Waals surface area (Å²) in [7, 11) is 0. The molecule has 9 heteroatoms. The Morgan fingerprint density at radius 3 is 2.81 bits per heavy atom. The number of nitrogens with zero attached hydrogens (tertiary/aromatic N) is 6. The Morgan fingerprint density at radius 2 is 2.09 bits per heavy atom. The van der Waals surface area contributed by atoms with Crippen molar-refractivity contribution >= 4 is 32.5 Å². The Hall–Kier alpha value is -2.49. The number of aromatic amines is 1. The van der Waals surface area contributed by atoms with Crippen LogP contribution < -0.4 is 4.90 Å². The third-order valence-electron chi connectivity index (χ3n) is 6.85. The molecule has 0 bridgehead atoms. The predicted molar refractivity (Wildman–Crippen MR) is 128 cm³/mol. The number of nitrogens with one attached hydrogen (secondary N) is 1. The Kier molecular flexibility index (Phi) is 4.74. The summed E-state index contributed by atoms with van der Waals surface area (Å²) in [5.74, 6) is 0.355. The van der Waals surface area contributed by atoms with Crippen LogP contribution in [0.3, 0.4) is 0 Å². The van der Waals surface area contributed by atoms with Gasteiger partial charge < -0.3 is 14.6 Å². The van der Waals surface area contributed by atoms with Gasteiger partial charge in [-0.25, -0.2) is 14.5 Å². The lowest BCUT2D eigenvalue weighted by Gasteiger charge is -2.45. The van der Waals surface area contributed by atoms with Crippen molar-refractivity contribution in [3.05, 3.63) is 29.7 Å². The van der Waals surface area contributed by atoms with Crippen molar-refractivity contribution in [3.63, 3.8) is 0 Å². The zero-order chi connectivity index (χ0) is 22.0. The summed E-state index contributed by atoms with van der Waals surface area (Å²) in [5, 5.41) is 5.48. The summed E-state index contributed by atoms with van der Waals surface area (Å²) in [5.41, 5.74) is 6.66. The van der Waals surface area contributed by atoms with Gasteiger partial charge in [-0.2, -0.15) is 5.10 Å². The summed E-state index contributed by atoms with van der Waals surface area (Å²) in [6, 6.07) is 3.24. The van der Waals surface area contributed by atoms with Crippen LogP contribution in [0.15, 0.2) is 18.6 Å². The number of aryl methyl sites for hydroxylation is 1. The number of hydrogen-bond acceptors (Lipinski definition) is 7. The van der Waals surface area contributed by atoms with Crippen molar-refractivity contribution in [1.29, 1.82) is 0 Å². The average Bonchev–Trinajstić information content (AvgIpc) is 3.40. The molecule has 0 saturated carbocycles. The molecule has 4 aromatic rings. The number of ether oxygens (including phenoxy) is 1. The van der Waals surface area contributed by atoms with Gasteiger partial charge in [0.25, 0.3) is 0 Å². The first kappa shape index (κ1) is 20.1. The SMILES string of the molecule is Cc1cc(-c2[nH]c3sc(N4CCN(C5COC5)C[C@H]4C)nc3c2C(C)C)cn2ncnc12. The Bertz CT molecular complexity index is 1280. The van der Waals surface area contributed by atoms with E-state index in [0.717, 1.165) is 70.8 Å². The van der Waals surface area contributed by atoms with Gasteiger partial charge in [0.2, 0.25) is 0 Å². The molecule has 2 fully saturated rings. The van der Waals surface area contributed by atoms with Crippen molar-refractivity contribution < 1.29 is 4.74 Å². The number of rotatable bonds is 4. The molecule has 6 rings (SSSR count). The van der Waals surface area contributed by atoms with Gasteiger partial charge in [-0.3, -0.25) is 4.90 Å². The van der Waals surface area contributed by atoms with E-state index in [1.54, 1.807) is 17.7 Å². The third-order valence-corrected chi connectivity index (χ3v) is 7.85. The molecule has 2 saturated heterocycles. The van der Waals surface area contributed by atoms with Crippen LogP contribution in [0.25, 0.3) is 27.3 Å². The van der Waals surface area contributed by atoms with Crippen molar-refractivity contribution in [3.8, 4) is 11.3 Å². The maximum absolute atomic E-state index is 5.40. The molecule has 6 heterocycles. The van der Waals surface area contributed by atoms with Crippen LogP contribution in [0.4, 0.5) is 5.13 Å². The van der Waals surface area contributed by atoms with Crippen LogP contribution in [0.2, 0.25) is 0 Å². The predicted octanol–water partition coefficient (Wildman–Crippen LogP) is 3.68. The number of piperazine rings is 1. The highest BCUT2D eigenvalue weighted by Gasteiger charge is 2.33. The molecule has 32 heavy (non-hydrogen) atoms. The molecule has 0 aromatic carbocycles. The lowest BCUT2D eigenvalue weighted by atomic mass is 9.99. The van der Waals surface area contributed by atoms with Gasteiger partial charge in [0.15, 0.2) is 10.8 Å². The molecule has 168 valence electrons. The Morgan fingerprint density at radius 1 is 1.25 bits per heavy atom. The average molecular weight is 452 g/mol. The summed E-state index contributed by atoms with van der Waals surface area (Å²) < 4.78 is 7.25. The minimum absolute atomic E-state index is 0.355. The fourth-order valence-electron chi connectivity index (χ4n) is 5.05. The molecule has 4 aromatic heterocycles. The van der Waals surface area contributed by atoms with E-state index in [4.69, 9.17) is 9.72 Å². The van der Waals surface area contributed by atoms with Gasteiger partial charge in [-0.05, 0) is 31.4 Å². The molecule has 2 aliphatic rings. The minimum Gasteiger partial charge on any atom is -0.378 e. The second kappa shape index (κ2) is 7.54. The standard InChI is InChI=1S/C23H29N7OS/c1-13(2)18-19(16-7-14(3)21-24-12-25-30(21)9-16)26-22-20(18)27-23(32-22)29-6-5-28(8-15(29)4)17-10-31-11-17/h7,9,12-13,15,17,26H,5-6,8,10-11H2,1-4H3/t15-/m1/s1. The van der Waals surface area contributed by atoms with Crippen molar-refractivity contribution in [1.82, 2.24) is 29.5 Å². The van der Waals surface area contributed by atoms with E-state index in [9.17, 15) is 0 Å².